The van der Waals surface area contributed by atoms with Gasteiger partial charge in [0.1, 0.15) is 11.5 Å². The first-order valence-electron chi connectivity index (χ1n) is 6.66. The van der Waals surface area contributed by atoms with Gasteiger partial charge in [0.2, 0.25) is 0 Å². The van der Waals surface area contributed by atoms with Gasteiger partial charge in [0, 0.05) is 0 Å². The zero-order valence-corrected chi connectivity index (χ0v) is 12.7. The van der Waals surface area contributed by atoms with Gasteiger partial charge in [-0.2, -0.15) is 5.10 Å². The van der Waals surface area contributed by atoms with Crippen LogP contribution in [0.5, 0.6) is 0 Å². The third kappa shape index (κ3) is 4.97. The first kappa shape index (κ1) is 17.3. The lowest BCUT2D eigenvalue weighted by Gasteiger charge is -2.08. The number of carbonyl (C=O) groups excluding carboxylic acids is 1. The molecule has 22 heavy (non-hydrogen) atoms. The molecule has 3 N–H and O–H groups in total. The van der Waals surface area contributed by atoms with Gasteiger partial charge in [-0.1, -0.05) is 0 Å². The van der Waals surface area contributed by atoms with Gasteiger partial charge in [-0.05, 0) is 32.9 Å². The maximum atomic E-state index is 11.8. The van der Waals surface area contributed by atoms with Crippen molar-refractivity contribution in [2.24, 2.45) is 15.9 Å². The number of esters is 1. The highest BCUT2D eigenvalue weighted by molar-refractivity contribution is 6.18. The van der Waals surface area contributed by atoms with Crippen LogP contribution in [0, 0.1) is 6.92 Å². The van der Waals surface area contributed by atoms with Crippen molar-refractivity contribution >= 4 is 18.0 Å². The average molecular weight is 309 g/mol. The van der Waals surface area contributed by atoms with Crippen molar-refractivity contribution in [2.75, 3.05) is 13.2 Å². The van der Waals surface area contributed by atoms with Crippen LogP contribution in [0.4, 0.5) is 0 Å². The predicted molar refractivity (Wildman–Crippen MR) is 80.6 cm³/mol. The molecule has 0 spiro atoms. The molecule has 1 heterocycles. The Morgan fingerprint density at radius 1 is 1.36 bits per heavy atom. The zero-order chi connectivity index (χ0) is 16.5. The number of hydrogen-bond acceptors (Lipinski definition) is 7. The van der Waals surface area contributed by atoms with Crippen molar-refractivity contribution in [3.8, 4) is 0 Å². The number of aliphatic hydroxyl groups is 1. The molecule has 0 atom stereocenters. The number of amidine groups is 1. The van der Waals surface area contributed by atoms with E-state index < -0.39 is 11.9 Å². The zero-order valence-electron chi connectivity index (χ0n) is 12.7. The lowest BCUT2D eigenvalue weighted by Crippen LogP contribution is -2.25. The van der Waals surface area contributed by atoms with E-state index in [1.54, 1.807) is 32.9 Å². The van der Waals surface area contributed by atoms with E-state index in [2.05, 4.69) is 10.2 Å². The number of hydrogen-bond donors (Lipinski definition) is 2. The van der Waals surface area contributed by atoms with E-state index in [-0.39, 0.29) is 24.6 Å². The molecule has 8 heteroatoms. The topological polar surface area (TPSA) is 120 Å². The number of nitrogens with two attached hydrogens (primary N) is 1. The highest BCUT2D eigenvalue weighted by Crippen LogP contribution is 2.08. The van der Waals surface area contributed by atoms with E-state index in [1.165, 1.54) is 6.21 Å². The van der Waals surface area contributed by atoms with Gasteiger partial charge in [-0.3, -0.25) is 0 Å². The number of rotatable bonds is 7. The fourth-order valence-corrected chi connectivity index (χ4v) is 1.43. The minimum absolute atomic E-state index is 0.115. The summed E-state index contributed by atoms with van der Waals surface area (Å²) in [5, 5.41) is 17.1. The second kappa shape index (κ2) is 8.50. The first-order valence-corrected chi connectivity index (χ1v) is 6.66. The minimum atomic E-state index is -0.848. The van der Waals surface area contributed by atoms with Crippen LogP contribution in [0.3, 0.4) is 0 Å². The summed E-state index contributed by atoms with van der Waals surface area (Å²) in [5.74, 6) is -0.641. The molecule has 0 saturated carbocycles. The van der Waals surface area contributed by atoms with Crippen LogP contribution in [0.1, 0.15) is 25.4 Å². The van der Waals surface area contributed by atoms with Crippen LogP contribution < -0.4 is 5.73 Å². The normalized spacial score (nSPS) is 13.1. The molecule has 120 valence electrons. The number of carbonyl (C=O) groups is 1. The summed E-state index contributed by atoms with van der Waals surface area (Å²) in [6, 6.07) is 3.46. The quantitative estimate of drug-likeness (QED) is 0.197. The Balaban J connectivity index is 2.98. The van der Waals surface area contributed by atoms with Crippen LogP contribution in [0.25, 0.3) is 0 Å². The molecule has 0 saturated heterocycles. The predicted octanol–water partition coefficient (Wildman–Crippen LogP) is 1.65. The molecule has 1 aromatic rings. The van der Waals surface area contributed by atoms with Crippen molar-refractivity contribution in [3.05, 3.63) is 35.2 Å². The van der Waals surface area contributed by atoms with Crippen LogP contribution in [0.15, 0.2) is 38.3 Å². The Kier molecular flexibility index (Phi) is 6.68. The molecule has 0 amide bonds. The summed E-state index contributed by atoms with van der Waals surface area (Å²) in [6.45, 7) is 5.32. The van der Waals surface area contributed by atoms with Crippen molar-refractivity contribution < 1.29 is 23.8 Å². The largest absolute Gasteiger partial charge is 0.480 e. The molecule has 0 aromatic carbocycles. The number of nitrogens with zero attached hydrogens (tertiary/aromatic N) is 2. The van der Waals surface area contributed by atoms with Crippen molar-refractivity contribution in [1.82, 2.24) is 0 Å². The standard InChI is InChI=1S/C14H19N3O5/c1-4-20-13(18)11(14(19)21-5-2)12(15)17-16-8-10-7-6-9(3)22-10/h6-8,18H,4-5H2,1-3H3,(H2,15,17)/b13-11+,16-8+. The lowest BCUT2D eigenvalue weighted by atomic mass is 10.2. The van der Waals surface area contributed by atoms with E-state index in [0.29, 0.717) is 5.76 Å². The second-order valence-corrected chi connectivity index (χ2v) is 4.01. The SMILES string of the molecule is CCOC(=O)C(/C(N)=N\N=C\c1ccc(C)o1)=C(\O)OCC. The third-order valence-corrected chi connectivity index (χ3v) is 2.34. The van der Waals surface area contributed by atoms with Crippen molar-refractivity contribution in [3.63, 3.8) is 0 Å². The van der Waals surface area contributed by atoms with Gasteiger partial charge in [0.15, 0.2) is 11.4 Å². The highest BCUT2D eigenvalue weighted by Gasteiger charge is 2.22. The van der Waals surface area contributed by atoms with Gasteiger partial charge in [0.25, 0.3) is 5.95 Å². The monoisotopic (exact) mass is 309 g/mol. The van der Waals surface area contributed by atoms with Crippen LogP contribution in [0.2, 0.25) is 0 Å². The third-order valence-electron chi connectivity index (χ3n) is 2.34. The number of aliphatic hydroxyl groups excluding tert-OH is 1. The molecule has 0 aliphatic rings. The molecule has 0 fully saturated rings. The smallest absolute Gasteiger partial charge is 0.349 e. The fourth-order valence-electron chi connectivity index (χ4n) is 1.43. The molecule has 0 bridgehead atoms. The Bertz CT molecular complexity index is 601. The van der Waals surface area contributed by atoms with Gasteiger partial charge in [0.05, 0.1) is 19.4 Å². The molecule has 0 aliphatic heterocycles. The maximum Gasteiger partial charge on any atom is 0.349 e. The Hall–Kier alpha value is -2.77. The summed E-state index contributed by atoms with van der Waals surface area (Å²) in [4.78, 5) is 11.8. The van der Waals surface area contributed by atoms with E-state index in [0.717, 1.165) is 5.76 Å². The van der Waals surface area contributed by atoms with Crippen LogP contribution >= 0.6 is 0 Å². The summed E-state index contributed by atoms with van der Waals surface area (Å²) in [6.07, 6.45) is 1.32. The molecule has 1 rings (SSSR count). The van der Waals surface area contributed by atoms with E-state index in [4.69, 9.17) is 19.6 Å². The van der Waals surface area contributed by atoms with Crippen molar-refractivity contribution in [2.45, 2.75) is 20.8 Å². The van der Waals surface area contributed by atoms with Gasteiger partial charge in [-0.15, -0.1) is 5.10 Å². The Morgan fingerprint density at radius 2 is 2.05 bits per heavy atom. The molecule has 0 aliphatic carbocycles. The highest BCUT2D eigenvalue weighted by atomic mass is 16.6. The second-order valence-electron chi connectivity index (χ2n) is 4.01. The molecule has 8 nitrogen and oxygen atoms in total. The minimum Gasteiger partial charge on any atom is -0.480 e. The Morgan fingerprint density at radius 3 is 2.59 bits per heavy atom. The summed E-state index contributed by atoms with van der Waals surface area (Å²) in [5.41, 5.74) is 5.28. The number of aryl methyl sites for hydroxylation is 1. The number of furan rings is 1. The van der Waals surface area contributed by atoms with E-state index >= 15 is 0 Å². The molecule has 0 unspecified atom stereocenters. The molecule has 1 aromatic heterocycles. The van der Waals surface area contributed by atoms with Crippen LogP contribution in [-0.2, 0) is 14.3 Å². The summed E-state index contributed by atoms with van der Waals surface area (Å²) in [7, 11) is 0. The first-order chi connectivity index (χ1) is 10.5. The lowest BCUT2D eigenvalue weighted by molar-refractivity contribution is -0.138. The molecular formula is C14H19N3O5. The van der Waals surface area contributed by atoms with E-state index in [9.17, 15) is 9.90 Å². The number of ether oxygens (including phenoxy) is 2. The van der Waals surface area contributed by atoms with Crippen molar-refractivity contribution in [1.29, 1.82) is 0 Å². The summed E-state index contributed by atoms with van der Waals surface area (Å²) < 4.78 is 14.9. The van der Waals surface area contributed by atoms with E-state index in [1.807, 2.05) is 0 Å². The average Bonchev–Trinajstić information content (AvgIpc) is 2.85. The summed E-state index contributed by atoms with van der Waals surface area (Å²) >= 11 is 0. The maximum absolute atomic E-state index is 11.8. The van der Waals surface area contributed by atoms with Gasteiger partial charge < -0.3 is 24.7 Å². The van der Waals surface area contributed by atoms with Crippen LogP contribution in [-0.4, -0.2) is 36.3 Å². The van der Waals surface area contributed by atoms with Gasteiger partial charge in [-0.25, -0.2) is 4.79 Å². The Labute approximate surface area is 127 Å². The molecular weight excluding hydrogens is 290 g/mol. The molecule has 0 radical (unpaired) electrons. The van der Waals surface area contributed by atoms with Gasteiger partial charge >= 0.3 is 5.97 Å². The fraction of sp³-hybridized carbons (Fsp3) is 0.357.